The van der Waals surface area contributed by atoms with Gasteiger partial charge >= 0.3 is 0 Å². The Balaban J connectivity index is 1.50. The van der Waals surface area contributed by atoms with E-state index >= 15 is 0 Å². The zero-order chi connectivity index (χ0) is 19.6. The van der Waals surface area contributed by atoms with E-state index in [0.717, 1.165) is 50.0 Å². The summed E-state index contributed by atoms with van der Waals surface area (Å²) < 4.78 is 5.55. The van der Waals surface area contributed by atoms with Gasteiger partial charge in [-0.05, 0) is 47.2 Å². The van der Waals surface area contributed by atoms with Gasteiger partial charge in [0.1, 0.15) is 6.17 Å². The number of fused-ring (bicyclic) bond motifs is 1. The standard InChI is InChI=1S/C23H25ClN4O/c24-20-4-1-18(2-5-20)23-21(16-27-11-13-29-14-12-27)28-15-19(3-6-22(28)26-23)17-7-9-25-10-8-17/h1-9,15,22,25-26H,10-14,16H2. The number of halogens is 1. The van der Waals surface area contributed by atoms with Crippen LogP contribution < -0.4 is 10.6 Å². The lowest BCUT2D eigenvalue weighted by Crippen LogP contribution is -2.40. The van der Waals surface area contributed by atoms with Gasteiger partial charge in [0.15, 0.2) is 0 Å². The Bertz CT molecular complexity index is 923. The highest BCUT2D eigenvalue weighted by Crippen LogP contribution is 2.34. The summed E-state index contributed by atoms with van der Waals surface area (Å²) >= 11 is 6.13. The first-order chi connectivity index (χ1) is 14.3. The minimum absolute atomic E-state index is 0.131. The zero-order valence-corrected chi connectivity index (χ0v) is 17.0. The molecule has 0 spiro atoms. The SMILES string of the molecule is Clc1ccc(C2=C(CN3CCOCC3)N3C=C(C4=CCNC=C4)C=CC3N2)cc1. The van der Waals surface area contributed by atoms with Gasteiger partial charge in [-0.1, -0.05) is 35.9 Å². The third kappa shape index (κ3) is 3.86. The zero-order valence-electron chi connectivity index (χ0n) is 16.3. The van der Waals surface area contributed by atoms with Gasteiger partial charge in [0, 0.05) is 37.4 Å². The summed E-state index contributed by atoms with van der Waals surface area (Å²) in [5.74, 6) is 0. The normalized spacial score (nSPS) is 24.0. The van der Waals surface area contributed by atoms with Crippen molar-refractivity contribution in [3.05, 3.63) is 88.4 Å². The van der Waals surface area contributed by atoms with E-state index in [-0.39, 0.29) is 6.17 Å². The van der Waals surface area contributed by atoms with Crippen LogP contribution in [0.4, 0.5) is 0 Å². The number of nitrogens with zero attached hydrogens (tertiary/aromatic N) is 2. The Morgan fingerprint density at radius 3 is 2.66 bits per heavy atom. The van der Waals surface area contributed by atoms with Crippen molar-refractivity contribution in [3.63, 3.8) is 0 Å². The van der Waals surface area contributed by atoms with Crippen LogP contribution in [-0.2, 0) is 4.74 Å². The monoisotopic (exact) mass is 408 g/mol. The van der Waals surface area contributed by atoms with Gasteiger partial charge in [0.2, 0.25) is 0 Å². The molecule has 1 aromatic carbocycles. The van der Waals surface area contributed by atoms with Crippen LogP contribution in [-0.4, -0.2) is 55.4 Å². The number of hydrogen-bond donors (Lipinski definition) is 2. The number of allylic oxidation sites excluding steroid dienone is 4. The molecule has 150 valence electrons. The van der Waals surface area contributed by atoms with Crippen LogP contribution in [0.5, 0.6) is 0 Å². The van der Waals surface area contributed by atoms with E-state index in [2.05, 4.69) is 63.1 Å². The van der Waals surface area contributed by atoms with E-state index in [0.29, 0.717) is 0 Å². The molecule has 1 unspecified atom stereocenters. The summed E-state index contributed by atoms with van der Waals surface area (Å²) in [6.07, 6.45) is 13.2. The highest BCUT2D eigenvalue weighted by molar-refractivity contribution is 6.30. The molecule has 0 saturated carbocycles. The Morgan fingerprint density at radius 1 is 1.07 bits per heavy atom. The Morgan fingerprint density at radius 2 is 1.90 bits per heavy atom. The largest absolute Gasteiger partial charge is 0.387 e. The van der Waals surface area contributed by atoms with Gasteiger partial charge in [-0.25, -0.2) is 0 Å². The predicted octanol–water partition coefficient (Wildman–Crippen LogP) is 3.07. The van der Waals surface area contributed by atoms with E-state index in [1.807, 2.05) is 18.3 Å². The number of hydrogen-bond acceptors (Lipinski definition) is 5. The average Bonchev–Trinajstić information content (AvgIpc) is 3.13. The van der Waals surface area contributed by atoms with Gasteiger partial charge in [-0.15, -0.1) is 0 Å². The van der Waals surface area contributed by atoms with Crippen LogP contribution in [0.15, 0.2) is 77.8 Å². The van der Waals surface area contributed by atoms with Crippen LogP contribution >= 0.6 is 11.6 Å². The second kappa shape index (κ2) is 8.11. The van der Waals surface area contributed by atoms with Crippen molar-refractivity contribution in [2.24, 2.45) is 0 Å². The van der Waals surface area contributed by atoms with Crippen LogP contribution in [0.2, 0.25) is 5.02 Å². The van der Waals surface area contributed by atoms with Crippen molar-refractivity contribution in [1.82, 2.24) is 20.4 Å². The number of rotatable bonds is 4. The van der Waals surface area contributed by atoms with E-state index < -0.39 is 0 Å². The molecule has 1 saturated heterocycles. The van der Waals surface area contributed by atoms with Gasteiger partial charge in [0.25, 0.3) is 0 Å². The number of dihydropyridines is 1. The average molecular weight is 409 g/mol. The number of nitrogens with one attached hydrogen (secondary N) is 2. The van der Waals surface area contributed by atoms with E-state index in [4.69, 9.17) is 16.3 Å². The second-order valence-electron chi connectivity index (χ2n) is 7.56. The van der Waals surface area contributed by atoms with Crippen LogP contribution in [0, 0.1) is 0 Å². The number of benzene rings is 1. The van der Waals surface area contributed by atoms with Crippen molar-refractivity contribution in [2.75, 3.05) is 39.4 Å². The Kier molecular flexibility index (Phi) is 5.19. The molecule has 29 heavy (non-hydrogen) atoms. The molecule has 4 heterocycles. The third-order valence-corrected chi connectivity index (χ3v) is 5.94. The summed E-state index contributed by atoms with van der Waals surface area (Å²) in [7, 11) is 0. The smallest absolute Gasteiger partial charge is 0.123 e. The molecular weight excluding hydrogens is 384 g/mol. The molecule has 1 aromatic rings. The Labute approximate surface area is 176 Å². The fourth-order valence-electron chi connectivity index (χ4n) is 4.12. The quantitative estimate of drug-likeness (QED) is 0.801. The molecule has 0 bridgehead atoms. The fourth-order valence-corrected chi connectivity index (χ4v) is 4.25. The summed E-state index contributed by atoms with van der Waals surface area (Å²) in [6.45, 7) is 5.27. The first kappa shape index (κ1) is 18.6. The maximum atomic E-state index is 6.13. The summed E-state index contributed by atoms with van der Waals surface area (Å²) in [5.41, 5.74) is 6.12. The van der Waals surface area contributed by atoms with Crippen molar-refractivity contribution in [1.29, 1.82) is 0 Å². The third-order valence-electron chi connectivity index (χ3n) is 5.69. The topological polar surface area (TPSA) is 39.8 Å². The molecule has 2 N–H and O–H groups in total. The molecule has 0 radical (unpaired) electrons. The molecule has 0 amide bonds. The molecule has 1 fully saturated rings. The lowest BCUT2D eigenvalue weighted by Gasteiger charge is -2.32. The van der Waals surface area contributed by atoms with Gasteiger partial charge < -0.3 is 20.3 Å². The number of morpholine rings is 1. The highest BCUT2D eigenvalue weighted by atomic mass is 35.5. The van der Waals surface area contributed by atoms with Crippen molar-refractivity contribution in [2.45, 2.75) is 6.17 Å². The molecule has 1 atom stereocenters. The summed E-state index contributed by atoms with van der Waals surface area (Å²) in [5, 5.41) is 7.69. The van der Waals surface area contributed by atoms with Crippen molar-refractivity contribution in [3.8, 4) is 0 Å². The van der Waals surface area contributed by atoms with Gasteiger partial charge in [0.05, 0.1) is 24.6 Å². The van der Waals surface area contributed by atoms with E-state index in [1.54, 1.807) is 0 Å². The fraction of sp³-hybridized carbons (Fsp3) is 0.304. The maximum Gasteiger partial charge on any atom is 0.123 e. The molecule has 0 aromatic heterocycles. The van der Waals surface area contributed by atoms with Crippen LogP contribution in [0.3, 0.4) is 0 Å². The van der Waals surface area contributed by atoms with Crippen LogP contribution in [0.25, 0.3) is 5.70 Å². The maximum absolute atomic E-state index is 6.13. The van der Waals surface area contributed by atoms with E-state index in [1.165, 1.54) is 22.5 Å². The Hall–Kier alpha value is -2.47. The molecular formula is C23H25ClN4O. The first-order valence-corrected chi connectivity index (χ1v) is 10.5. The predicted molar refractivity (Wildman–Crippen MR) is 117 cm³/mol. The van der Waals surface area contributed by atoms with Crippen molar-refractivity contribution >= 4 is 17.3 Å². The highest BCUT2D eigenvalue weighted by Gasteiger charge is 2.32. The number of ether oxygens (including phenoxy) is 1. The van der Waals surface area contributed by atoms with Crippen molar-refractivity contribution < 1.29 is 4.74 Å². The minimum atomic E-state index is 0.131. The van der Waals surface area contributed by atoms with Gasteiger partial charge in [-0.2, -0.15) is 0 Å². The summed E-state index contributed by atoms with van der Waals surface area (Å²) in [6, 6.07) is 8.09. The molecule has 4 aliphatic heterocycles. The molecule has 6 heteroatoms. The first-order valence-electron chi connectivity index (χ1n) is 10.1. The molecule has 4 aliphatic rings. The lowest BCUT2D eigenvalue weighted by atomic mass is 10.0. The summed E-state index contributed by atoms with van der Waals surface area (Å²) in [4.78, 5) is 4.85. The molecule has 0 aliphatic carbocycles. The minimum Gasteiger partial charge on any atom is -0.387 e. The second-order valence-corrected chi connectivity index (χ2v) is 7.99. The molecule has 5 nitrogen and oxygen atoms in total. The van der Waals surface area contributed by atoms with Crippen LogP contribution in [0.1, 0.15) is 5.56 Å². The molecule has 5 rings (SSSR count). The van der Waals surface area contributed by atoms with E-state index in [9.17, 15) is 0 Å². The van der Waals surface area contributed by atoms with Gasteiger partial charge in [-0.3, -0.25) is 4.90 Å². The lowest BCUT2D eigenvalue weighted by molar-refractivity contribution is 0.0401.